The second kappa shape index (κ2) is 5.22. The maximum Gasteiger partial charge on any atom is 0.0346 e. The molecule has 1 aromatic carbocycles. The Morgan fingerprint density at radius 1 is 1.00 bits per heavy atom. The van der Waals surface area contributed by atoms with Crippen LogP contribution >= 0.6 is 0 Å². The van der Waals surface area contributed by atoms with Gasteiger partial charge in [0.05, 0.1) is 0 Å². The smallest absolute Gasteiger partial charge is 0.0346 e. The van der Waals surface area contributed by atoms with Crippen LogP contribution in [0.4, 0.5) is 0 Å². The predicted molar refractivity (Wildman–Crippen MR) is 74.2 cm³/mol. The highest BCUT2D eigenvalue weighted by atomic mass is 14.9. The van der Waals surface area contributed by atoms with Crippen molar-refractivity contribution >= 4 is 0 Å². The number of benzene rings is 1. The normalized spacial score (nSPS) is 19.4. The average molecular weight is 231 g/mol. The summed E-state index contributed by atoms with van der Waals surface area (Å²) in [6.45, 7) is 6.88. The zero-order valence-electron chi connectivity index (χ0n) is 11.5. The van der Waals surface area contributed by atoms with Crippen molar-refractivity contribution in [2.75, 3.05) is 7.05 Å². The maximum atomic E-state index is 3.49. The van der Waals surface area contributed by atoms with E-state index in [2.05, 4.69) is 57.4 Å². The minimum atomic E-state index is 0.517. The second-order valence-electron chi connectivity index (χ2n) is 5.78. The molecule has 2 rings (SSSR count). The SMILES string of the molecule is CNC(c1ccc(C(C)C)cc1)C(C)C1CC1. The molecule has 0 saturated heterocycles. The van der Waals surface area contributed by atoms with Crippen LogP contribution in [0.2, 0.25) is 0 Å². The number of rotatable bonds is 5. The van der Waals surface area contributed by atoms with E-state index in [1.807, 2.05) is 0 Å². The Labute approximate surface area is 106 Å². The fourth-order valence-electron chi connectivity index (χ4n) is 2.72. The van der Waals surface area contributed by atoms with E-state index < -0.39 is 0 Å². The summed E-state index contributed by atoms with van der Waals surface area (Å²) in [5.41, 5.74) is 2.87. The molecule has 1 saturated carbocycles. The zero-order chi connectivity index (χ0) is 12.4. The van der Waals surface area contributed by atoms with Gasteiger partial charge in [-0.3, -0.25) is 0 Å². The lowest BCUT2D eigenvalue weighted by Crippen LogP contribution is -2.24. The summed E-state index contributed by atoms with van der Waals surface area (Å²) in [7, 11) is 2.08. The van der Waals surface area contributed by atoms with Gasteiger partial charge in [0.25, 0.3) is 0 Å². The largest absolute Gasteiger partial charge is 0.313 e. The number of hydrogen-bond donors (Lipinski definition) is 1. The van der Waals surface area contributed by atoms with Crippen LogP contribution in [-0.2, 0) is 0 Å². The summed E-state index contributed by atoms with van der Waals surface area (Å²) in [4.78, 5) is 0. The van der Waals surface area contributed by atoms with Crippen LogP contribution in [0.5, 0.6) is 0 Å². The van der Waals surface area contributed by atoms with Gasteiger partial charge in [0.15, 0.2) is 0 Å². The highest BCUT2D eigenvalue weighted by Crippen LogP contribution is 2.42. The molecular formula is C16H25N. The molecule has 17 heavy (non-hydrogen) atoms. The fraction of sp³-hybridized carbons (Fsp3) is 0.625. The summed E-state index contributed by atoms with van der Waals surface area (Å²) < 4.78 is 0. The van der Waals surface area contributed by atoms with Crippen molar-refractivity contribution in [3.63, 3.8) is 0 Å². The molecule has 2 unspecified atom stereocenters. The highest BCUT2D eigenvalue weighted by molar-refractivity contribution is 5.27. The van der Waals surface area contributed by atoms with Gasteiger partial charge >= 0.3 is 0 Å². The monoisotopic (exact) mass is 231 g/mol. The molecule has 0 radical (unpaired) electrons. The van der Waals surface area contributed by atoms with Crippen molar-refractivity contribution in [3.8, 4) is 0 Å². The zero-order valence-corrected chi connectivity index (χ0v) is 11.5. The van der Waals surface area contributed by atoms with Crippen molar-refractivity contribution in [3.05, 3.63) is 35.4 Å². The highest BCUT2D eigenvalue weighted by Gasteiger charge is 2.33. The molecule has 1 fully saturated rings. The molecule has 0 heterocycles. The molecule has 1 aromatic rings. The van der Waals surface area contributed by atoms with Crippen molar-refractivity contribution < 1.29 is 0 Å². The molecule has 1 heteroatoms. The molecule has 0 aliphatic heterocycles. The van der Waals surface area contributed by atoms with E-state index >= 15 is 0 Å². The Balaban J connectivity index is 2.13. The first-order chi connectivity index (χ1) is 8.13. The van der Waals surface area contributed by atoms with Gasteiger partial charge in [-0.1, -0.05) is 45.0 Å². The lowest BCUT2D eigenvalue weighted by Gasteiger charge is -2.24. The summed E-state index contributed by atoms with van der Waals surface area (Å²) in [6.07, 6.45) is 2.84. The van der Waals surface area contributed by atoms with E-state index in [1.165, 1.54) is 24.0 Å². The van der Waals surface area contributed by atoms with Gasteiger partial charge in [0.2, 0.25) is 0 Å². The Morgan fingerprint density at radius 3 is 1.94 bits per heavy atom. The van der Waals surface area contributed by atoms with Crippen molar-refractivity contribution in [1.82, 2.24) is 5.32 Å². The van der Waals surface area contributed by atoms with Crippen molar-refractivity contribution in [2.45, 2.75) is 45.6 Å². The van der Waals surface area contributed by atoms with Gasteiger partial charge in [0, 0.05) is 6.04 Å². The van der Waals surface area contributed by atoms with E-state index in [0.717, 1.165) is 11.8 Å². The van der Waals surface area contributed by atoms with Gasteiger partial charge in [0.1, 0.15) is 0 Å². The molecular weight excluding hydrogens is 206 g/mol. The average Bonchev–Trinajstić information content (AvgIpc) is 3.14. The predicted octanol–water partition coefficient (Wildman–Crippen LogP) is 4.12. The quantitative estimate of drug-likeness (QED) is 0.804. The lowest BCUT2D eigenvalue weighted by molar-refractivity contribution is 0.369. The summed E-state index contributed by atoms with van der Waals surface area (Å²) >= 11 is 0. The minimum absolute atomic E-state index is 0.517. The van der Waals surface area contributed by atoms with Crippen LogP contribution in [0.15, 0.2) is 24.3 Å². The molecule has 0 amide bonds. The first-order valence-corrected chi connectivity index (χ1v) is 6.90. The minimum Gasteiger partial charge on any atom is -0.313 e. The summed E-state index contributed by atoms with van der Waals surface area (Å²) in [5, 5.41) is 3.49. The fourth-order valence-corrected chi connectivity index (χ4v) is 2.72. The maximum absolute atomic E-state index is 3.49. The number of nitrogens with one attached hydrogen (secondary N) is 1. The van der Waals surface area contributed by atoms with Crippen molar-refractivity contribution in [2.24, 2.45) is 11.8 Å². The van der Waals surface area contributed by atoms with Crippen LogP contribution in [-0.4, -0.2) is 7.05 Å². The Kier molecular flexibility index (Phi) is 3.88. The molecule has 2 atom stereocenters. The van der Waals surface area contributed by atoms with Gasteiger partial charge in [-0.15, -0.1) is 0 Å². The first kappa shape index (κ1) is 12.6. The van der Waals surface area contributed by atoms with E-state index in [-0.39, 0.29) is 0 Å². The molecule has 1 N–H and O–H groups in total. The van der Waals surface area contributed by atoms with E-state index in [4.69, 9.17) is 0 Å². The Hall–Kier alpha value is -0.820. The summed E-state index contributed by atoms with van der Waals surface area (Å²) in [6, 6.07) is 9.68. The Morgan fingerprint density at radius 2 is 1.53 bits per heavy atom. The van der Waals surface area contributed by atoms with Crippen molar-refractivity contribution in [1.29, 1.82) is 0 Å². The molecule has 1 aliphatic carbocycles. The molecule has 0 aromatic heterocycles. The molecule has 1 aliphatic rings. The third-order valence-corrected chi connectivity index (χ3v) is 4.16. The summed E-state index contributed by atoms with van der Waals surface area (Å²) in [5.74, 6) is 2.32. The number of hydrogen-bond acceptors (Lipinski definition) is 1. The second-order valence-corrected chi connectivity index (χ2v) is 5.78. The first-order valence-electron chi connectivity index (χ1n) is 6.90. The molecule has 94 valence electrons. The van der Waals surface area contributed by atoms with Crippen LogP contribution in [0.3, 0.4) is 0 Å². The van der Waals surface area contributed by atoms with Gasteiger partial charge < -0.3 is 5.32 Å². The van der Waals surface area contributed by atoms with Gasteiger partial charge in [-0.25, -0.2) is 0 Å². The van der Waals surface area contributed by atoms with Crippen LogP contribution < -0.4 is 5.32 Å². The topological polar surface area (TPSA) is 12.0 Å². The van der Waals surface area contributed by atoms with E-state index in [9.17, 15) is 0 Å². The van der Waals surface area contributed by atoms with Crippen LogP contribution in [0.1, 0.15) is 56.7 Å². The lowest BCUT2D eigenvalue weighted by atomic mass is 9.89. The van der Waals surface area contributed by atoms with E-state index in [1.54, 1.807) is 0 Å². The Bertz CT molecular complexity index is 348. The van der Waals surface area contributed by atoms with E-state index in [0.29, 0.717) is 12.0 Å². The third-order valence-electron chi connectivity index (χ3n) is 4.16. The van der Waals surface area contributed by atoms with Crippen LogP contribution in [0, 0.1) is 11.8 Å². The third kappa shape index (κ3) is 2.90. The van der Waals surface area contributed by atoms with Gasteiger partial charge in [-0.2, -0.15) is 0 Å². The van der Waals surface area contributed by atoms with Gasteiger partial charge in [-0.05, 0) is 48.8 Å². The molecule has 0 bridgehead atoms. The van der Waals surface area contributed by atoms with Crippen LogP contribution in [0.25, 0.3) is 0 Å². The molecule has 0 spiro atoms. The standard InChI is InChI=1S/C16H25N/c1-11(2)13-5-9-15(10-6-13)16(17-4)12(3)14-7-8-14/h5-6,9-12,14,16-17H,7-8H2,1-4H3. The molecule has 1 nitrogen and oxygen atoms in total.